The van der Waals surface area contributed by atoms with Crippen LogP contribution in [0, 0.1) is 13.8 Å². The third-order valence-corrected chi connectivity index (χ3v) is 5.78. The topological polar surface area (TPSA) is 105 Å². The number of aryl methyl sites for hydroxylation is 2. The minimum absolute atomic E-state index is 0.0682. The second-order valence-corrected chi connectivity index (χ2v) is 10.0. The molecule has 30 heavy (non-hydrogen) atoms. The molecular weight excluding hydrogens is 448 g/mol. The van der Waals surface area contributed by atoms with Crippen molar-refractivity contribution < 1.29 is 17.6 Å². The number of aromatic nitrogens is 2. The number of oxazole rings is 1. The molecular formula is C19H21ClN4O4S2. The average molecular weight is 469 g/mol. The van der Waals surface area contributed by atoms with Crippen LogP contribution in [0.25, 0.3) is 0 Å². The van der Waals surface area contributed by atoms with Crippen molar-refractivity contribution >= 4 is 44.9 Å². The maximum absolute atomic E-state index is 12.2. The Morgan fingerprint density at radius 3 is 2.53 bits per heavy atom. The van der Waals surface area contributed by atoms with E-state index in [-0.39, 0.29) is 17.5 Å². The highest BCUT2D eigenvalue weighted by Crippen LogP contribution is 2.22. The summed E-state index contributed by atoms with van der Waals surface area (Å²) in [4.78, 5) is 22.9. The van der Waals surface area contributed by atoms with Gasteiger partial charge in [0.05, 0.1) is 23.5 Å². The van der Waals surface area contributed by atoms with Crippen LogP contribution in [0.3, 0.4) is 0 Å². The zero-order valence-electron chi connectivity index (χ0n) is 16.7. The van der Waals surface area contributed by atoms with E-state index in [9.17, 15) is 13.2 Å². The Labute approximate surface area is 184 Å². The van der Waals surface area contributed by atoms with E-state index in [2.05, 4.69) is 9.97 Å². The van der Waals surface area contributed by atoms with Gasteiger partial charge in [-0.3, -0.25) is 4.79 Å². The van der Waals surface area contributed by atoms with Gasteiger partial charge in [-0.1, -0.05) is 23.7 Å². The summed E-state index contributed by atoms with van der Waals surface area (Å²) in [5.74, 6) is -0.593. The molecule has 11 heteroatoms. The fourth-order valence-corrected chi connectivity index (χ4v) is 3.94. The molecule has 3 aromatic rings. The van der Waals surface area contributed by atoms with Crippen molar-refractivity contribution in [3.05, 3.63) is 62.4 Å². The molecule has 1 N–H and O–H groups in total. The standard InChI is InChI=1S/C19H21ClN4O4S2/c1-12-17(18(25)23-30(3,26)27)22-19(28-12)24(10-16-11-29-13(2)21-16)9-8-14-4-6-15(20)7-5-14/h4-7,11H,8-10H2,1-3H3,(H,23,25). The molecule has 1 aromatic carbocycles. The molecule has 0 aliphatic carbocycles. The summed E-state index contributed by atoms with van der Waals surface area (Å²) in [5.41, 5.74) is 1.87. The fourth-order valence-electron chi connectivity index (χ4n) is 2.78. The number of halogens is 1. The van der Waals surface area contributed by atoms with E-state index < -0.39 is 15.9 Å². The van der Waals surface area contributed by atoms with Crippen LogP contribution in [0.5, 0.6) is 0 Å². The molecule has 0 aliphatic rings. The van der Waals surface area contributed by atoms with Gasteiger partial charge in [0.25, 0.3) is 11.9 Å². The number of benzene rings is 1. The molecule has 0 saturated heterocycles. The summed E-state index contributed by atoms with van der Waals surface area (Å²) < 4.78 is 30.4. The van der Waals surface area contributed by atoms with Gasteiger partial charge < -0.3 is 9.32 Å². The number of thiazole rings is 1. The van der Waals surface area contributed by atoms with E-state index in [1.54, 1.807) is 18.3 Å². The van der Waals surface area contributed by atoms with E-state index >= 15 is 0 Å². The first-order valence-electron chi connectivity index (χ1n) is 9.00. The van der Waals surface area contributed by atoms with Gasteiger partial charge >= 0.3 is 0 Å². The second-order valence-electron chi connectivity index (χ2n) is 6.76. The highest BCUT2D eigenvalue weighted by molar-refractivity contribution is 7.89. The van der Waals surface area contributed by atoms with Crippen molar-refractivity contribution in [2.75, 3.05) is 17.7 Å². The Morgan fingerprint density at radius 2 is 1.93 bits per heavy atom. The average Bonchev–Trinajstić information content (AvgIpc) is 3.24. The Balaban J connectivity index is 1.84. The molecule has 1 amide bonds. The summed E-state index contributed by atoms with van der Waals surface area (Å²) in [7, 11) is -3.71. The normalized spacial score (nSPS) is 11.5. The number of sulfonamides is 1. The molecule has 0 bridgehead atoms. The number of amides is 1. The van der Waals surface area contributed by atoms with Crippen molar-refractivity contribution in [1.29, 1.82) is 0 Å². The van der Waals surface area contributed by atoms with Crippen LogP contribution >= 0.6 is 22.9 Å². The summed E-state index contributed by atoms with van der Waals surface area (Å²) >= 11 is 7.50. The number of nitrogens with one attached hydrogen (secondary N) is 1. The smallest absolute Gasteiger partial charge is 0.298 e. The number of carbonyl (C=O) groups excluding carboxylic acids is 1. The predicted octanol–water partition coefficient (Wildman–Crippen LogP) is 3.34. The van der Waals surface area contributed by atoms with Gasteiger partial charge in [0, 0.05) is 16.9 Å². The molecule has 0 radical (unpaired) electrons. The SMILES string of the molecule is Cc1nc(CN(CCc2ccc(Cl)cc2)c2nc(C(=O)NS(C)(=O)=O)c(C)o2)cs1. The van der Waals surface area contributed by atoms with Gasteiger partial charge in [0.1, 0.15) is 5.76 Å². The summed E-state index contributed by atoms with van der Waals surface area (Å²) in [6.45, 7) is 4.48. The Hall–Kier alpha value is -2.43. The number of hydrogen-bond donors (Lipinski definition) is 1. The molecule has 0 atom stereocenters. The minimum Gasteiger partial charge on any atom is -0.428 e. The first-order valence-corrected chi connectivity index (χ1v) is 12.2. The zero-order chi connectivity index (χ0) is 21.9. The predicted molar refractivity (Wildman–Crippen MR) is 117 cm³/mol. The van der Waals surface area contributed by atoms with Crippen LogP contribution in [-0.4, -0.2) is 37.1 Å². The van der Waals surface area contributed by atoms with Crippen LogP contribution in [-0.2, 0) is 23.0 Å². The van der Waals surface area contributed by atoms with Crippen LogP contribution in [0.15, 0.2) is 34.1 Å². The monoisotopic (exact) mass is 468 g/mol. The Kier molecular flexibility index (Phi) is 6.79. The zero-order valence-corrected chi connectivity index (χ0v) is 19.1. The highest BCUT2D eigenvalue weighted by atomic mass is 35.5. The van der Waals surface area contributed by atoms with Crippen LogP contribution in [0.4, 0.5) is 6.01 Å². The van der Waals surface area contributed by atoms with E-state index in [1.807, 2.05) is 46.2 Å². The summed E-state index contributed by atoms with van der Waals surface area (Å²) in [6, 6.07) is 7.77. The van der Waals surface area contributed by atoms with Gasteiger partial charge in [-0.05, 0) is 38.0 Å². The van der Waals surface area contributed by atoms with Gasteiger partial charge in [0.15, 0.2) is 5.69 Å². The van der Waals surface area contributed by atoms with E-state index in [0.29, 0.717) is 24.5 Å². The summed E-state index contributed by atoms with van der Waals surface area (Å²) in [6.07, 6.45) is 1.59. The van der Waals surface area contributed by atoms with Crippen molar-refractivity contribution in [1.82, 2.24) is 14.7 Å². The molecule has 0 spiro atoms. The Morgan fingerprint density at radius 1 is 1.23 bits per heavy atom. The van der Waals surface area contributed by atoms with E-state index in [4.69, 9.17) is 16.0 Å². The molecule has 0 unspecified atom stereocenters. The lowest BCUT2D eigenvalue weighted by molar-refractivity contribution is 0.0976. The van der Waals surface area contributed by atoms with Crippen molar-refractivity contribution in [3.8, 4) is 0 Å². The van der Waals surface area contributed by atoms with Gasteiger partial charge in [-0.15, -0.1) is 11.3 Å². The number of anilines is 1. The van der Waals surface area contributed by atoms with Crippen LogP contribution in [0.1, 0.15) is 32.5 Å². The van der Waals surface area contributed by atoms with Crippen molar-refractivity contribution in [2.24, 2.45) is 0 Å². The molecule has 2 heterocycles. The lowest BCUT2D eigenvalue weighted by Crippen LogP contribution is -2.30. The second kappa shape index (κ2) is 9.15. The lowest BCUT2D eigenvalue weighted by Gasteiger charge is -2.19. The van der Waals surface area contributed by atoms with Crippen molar-refractivity contribution in [2.45, 2.75) is 26.8 Å². The van der Waals surface area contributed by atoms with Crippen LogP contribution in [0.2, 0.25) is 5.02 Å². The molecule has 160 valence electrons. The quantitative estimate of drug-likeness (QED) is 0.540. The molecule has 0 saturated carbocycles. The summed E-state index contributed by atoms with van der Waals surface area (Å²) in [5, 5.41) is 3.57. The molecule has 2 aromatic heterocycles. The highest BCUT2D eigenvalue weighted by Gasteiger charge is 2.23. The van der Waals surface area contributed by atoms with E-state index in [1.165, 1.54) is 0 Å². The lowest BCUT2D eigenvalue weighted by atomic mass is 10.1. The van der Waals surface area contributed by atoms with Crippen LogP contribution < -0.4 is 9.62 Å². The largest absolute Gasteiger partial charge is 0.428 e. The number of carbonyl (C=O) groups is 1. The Bertz CT molecular complexity index is 1140. The molecule has 8 nitrogen and oxygen atoms in total. The third kappa shape index (κ3) is 6.04. The van der Waals surface area contributed by atoms with Gasteiger partial charge in [-0.2, -0.15) is 4.98 Å². The third-order valence-electron chi connectivity index (χ3n) is 4.15. The molecule has 0 aliphatic heterocycles. The maximum Gasteiger partial charge on any atom is 0.298 e. The van der Waals surface area contributed by atoms with Gasteiger partial charge in [-0.25, -0.2) is 18.1 Å². The molecule has 0 fully saturated rings. The first-order chi connectivity index (χ1) is 14.1. The maximum atomic E-state index is 12.2. The van der Waals surface area contributed by atoms with E-state index in [0.717, 1.165) is 22.5 Å². The fraction of sp³-hybridized carbons (Fsp3) is 0.316. The van der Waals surface area contributed by atoms with Gasteiger partial charge in [0.2, 0.25) is 10.0 Å². The number of nitrogens with zero attached hydrogens (tertiary/aromatic N) is 3. The molecule has 3 rings (SSSR count). The van der Waals surface area contributed by atoms with Crippen molar-refractivity contribution in [3.63, 3.8) is 0 Å². The minimum atomic E-state index is -3.71. The first kappa shape index (κ1) is 22.3. The number of rotatable bonds is 8. The number of hydrogen-bond acceptors (Lipinski definition) is 8.